The number of aromatic nitrogens is 2. The lowest BCUT2D eigenvalue weighted by atomic mass is 10.3. The number of benzene rings is 1. The third kappa shape index (κ3) is 3.83. The van der Waals surface area contributed by atoms with Gasteiger partial charge in [-0.05, 0) is 19.1 Å². The van der Waals surface area contributed by atoms with Gasteiger partial charge in [0.1, 0.15) is 16.5 Å². The monoisotopic (exact) mass is 418 g/mol. The largest absolute Gasteiger partial charge is 0.366 e. The standard InChI is InChI=1S/C16H17ClF2N4O3S/c1-2-27(25,26)22-7-5-21(6-8-22)14-10-20-23(16(24)15(14)17)13-4-3-11(18)9-12(13)19/h3-4,9-10H,2,5-8H2,1H3. The van der Waals surface area contributed by atoms with Crippen LogP contribution in [0, 0.1) is 11.6 Å². The van der Waals surface area contributed by atoms with E-state index in [0.717, 1.165) is 16.8 Å². The van der Waals surface area contributed by atoms with Gasteiger partial charge >= 0.3 is 0 Å². The fourth-order valence-corrected chi connectivity index (χ4v) is 4.19. The Kier molecular flexibility index (Phi) is 5.50. The Morgan fingerprint density at radius 3 is 2.41 bits per heavy atom. The summed E-state index contributed by atoms with van der Waals surface area (Å²) in [5.74, 6) is -1.69. The quantitative estimate of drug-likeness (QED) is 0.754. The van der Waals surface area contributed by atoms with Crippen LogP contribution in [0.5, 0.6) is 0 Å². The summed E-state index contributed by atoms with van der Waals surface area (Å²) in [6, 6.07) is 2.77. The van der Waals surface area contributed by atoms with Crippen molar-refractivity contribution in [1.29, 1.82) is 0 Å². The van der Waals surface area contributed by atoms with Crippen molar-refractivity contribution in [3.63, 3.8) is 0 Å². The minimum Gasteiger partial charge on any atom is -0.366 e. The molecule has 0 unspecified atom stereocenters. The van der Waals surface area contributed by atoms with Crippen molar-refractivity contribution in [3.8, 4) is 5.69 Å². The molecular weight excluding hydrogens is 402 g/mol. The van der Waals surface area contributed by atoms with Crippen LogP contribution in [0.15, 0.2) is 29.2 Å². The van der Waals surface area contributed by atoms with E-state index in [1.807, 2.05) is 0 Å². The topological polar surface area (TPSA) is 75.5 Å². The third-order valence-electron chi connectivity index (χ3n) is 4.38. The summed E-state index contributed by atoms with van der Waals surface area (Å²) in [5, 5.41) is 3.78. The molecule has 2 aromatic rings. The Balaban J connectivity index is 1.87. The molecule has 0 bridgehead atoms. The van der Waals surface area contributed by atoms with Crippen LogP contribution in [0.4, 0.5) is 14.5 Å². The maximum atomic E-state index is 13.9. The first-order valence-electron chi connectivity index (χ1n) is 8.20. The molecule has 1 saturated heterocycles. The van der Waals surface area contributed by atoms with E-state index >= 15 is 0 Å². The van der Waals surface area contributed by atoms with Crippen LogP contribution in [-0.4, -0.2) is 54.4 Å². The lowest BCUT2D eigenvalue weighted by molar-refractivity contribution is 0.385. The van der Waals surface area contributed by atoms with Crippen LogP contribution in [0.3, 0.4) is 0 Å². The molecule has 1 aliphatic heterocycles. The number of nitrogens with zero attached hydrogens (tertiary/aromatic N) is 4. The zero-order valence-electron chi connectivity index (χ0n) is 14.4. The van der Waals surface area contributed by atoms with Crippen molar-refractivity contribution in [1.82, 2.24) is 14.1 Å². The van der Waals surface area contributed by atoms with Gasteiger partial charge in [-0.25, -0.2) is 17.2 Å². The molecule has 0 atom stereocenters. The number of piperazine rings is 1. The molecule has 0 aliphatic carbocycles. The van der Waals surface area contributed by atoms with E-state index in [-0.39, 0.29) is 29.6 Å². The molecule has 2 heterocycles. The van der Waals surface area contributed by atoms with E-state index in [1.54, 1.807) is 11.8 Å². The highest BCUT2D eigenvalue weighted by Gasteiger charge is 2.27. The molecule has 0 saturated carbocycles. The highest BCUT2D eigenvalue weighted by Crippen LogP contribution is 2.24. The lowest BCUT2D eigenvalue weighted by Gasteiger charge is -2.35. The molecule has 1 aromatic carbocycles. The van der Waals surface area contributed by atoms with Gasteiger partial charge in [0.05, 0.1) is 17.6 Å². The van der Waals surface area contributed by atoms with Gasteiger partial charge in [0.15, 0.2) is 5.82 Å². The Morgan fingerprint density at radius 1 is 1.15 bits per heavy atom. The summed E-state index contributed by atoms with van der Waals surface area (Å²) < 4.78 is 53.0. The second-order valence-corrected chi connectivity index (χ2v) is 8.58. The van der Waals surface area contributed by atoms with Crippen molar-refractivity contribution in [2.75, 3.05) is 36.8 Å². The average Bonchev–Trinajstić information content (AvgIpc) is 2.65. The second kappa shape index (κ2) is 7.53. The summed E-state index contributed by atoms with van der Waals surface area (Å²) in [4.78, 5) is 14.3. The van der Waals surface area contributed by atoms with Gasteiger partial charge in [0.2, 0.25) is 10.0 Å². The van der Waals surface area contributed by atoms with Crippen LogP contribution in [-0.2, 0) is 10.0 Å². The summed E-state index contributed by atoms with van der Waals surface area (Å²) in [6.07, 6.45) is 1.32. The second-order valence-electron chi connectivity index (χ2n) is 5.94. The number of halogens is 3. The lowest BCUT2D eigenvalue weighted by Crippen LogP contribution is -2.49. The van der Waals surface area contributed by atoms with Gasteiger partial charge in [-0.15, -0.1) is 0 Å². The number of sulfonamides is 1. The predicted molar refractivity (Wildman–Crippen MR) is 98.0 cm³/mol. The van der Waals surface area contributed by atoms with Gasteiger partial charge in [0, 0.05) is 32.2 Å². The van der Waals surface area contributed by atoms with Crippen LogP contribution in [0.1, 0.15) is 6.92 Å². The Bertz CT molecular complexity index is 1020. The summed E-state index contributed by atoms with van der Waals surface area (Å²) >= 11 is 6.18. The average molecular weight is 419 g/mol. The van der Waals surface area contributed by atoms with E-state index < -0.39 is 27.2 Å². The van der Waals surface area contributed by atoms with Crippen molar-refractivity contribution in [2.24, 2.45) is 0 Å². The molecule has 11 heteroatoms. The van der Waals surface area contributed by atoms with Gasteiger partial charge in [0.25, 0.3) is 5.56 Å². The minimum absolute atomic E-state index is 0.0224. The summed E-state index contributed by atoms with van der Waals surface area (Å²) in [6.45, 7) is 2.80. The molecule has 1 aromatic heterocycles. The normalized spacial score (nSPS) is 15.9. The van der Waals surface area contributed by atoms with Crippen LogP contribution >= 0.6 is 11.6 Å². The van der Waals surface area contributed by atoms with Crippen LogP contribution in [0.2, 0.25) is 5.02 Å². The molecule has 0 N–H and O–H groups in total. The summed E-state index contributed by atoms with van der Waals surface area (Å²) in [5.41, 5.74) is -0.619. The first-order valence-corrected chi connectivity index (χ1v) is 10.2. The predicted octanol–water partition coefficient (Wildman–Crippen LogP) is 1.64. The zero-order chi connectivity index (χ0) is 19.8. The van der Waals surface area contributed by atoms with Gasteiger partial charge in [-0.3, -0.25) is 4.79 Å². The van der Waals surface area contributed by atoms with Crippen molar-refractivity contribution < 1.29 is 17.2 Å². The van der Waals surface area contributed by atoms with Crippen LogP contribution in [0.25, 0.3) is 5.69 Å². The van der Waals surface area contributed by atoms with Crippen molar-refractivity contribution in [3.05, 3.63) is 51.4 Å². The number of rotatable bonds is 4. The highest BCUT2D eigenvalue weighted by molar-refractivity contribution is 7.89. The molecule has 3 rings (SSSR count). The van der Waals surface area contributed by atoms with Crippen molar-refractivity contribution in [2.45, 2.75) is 6.92 Å². The third-order valence-corrected chi connectivity index (χ3v) is 6.61. The van der Waals surface area contributed by atoms with Crippen molar-refractivity contribution >= 4 is 27.3 Å². The van der Waals surface area contributed by atoms with Gasteiger partial charge in [-0.1, -0.05) is 11.6 Å². The maximum Gasteiger partial charge on any atom is 0.292 e. The number of hydrogen-bond acceptors (Lipinski definition) is 5. The van der Waals surface area contributed by atoms with E-state index in [4.69, 9.17) is 11.6 Å². The summed E-state index contributed by atoms with van der Waals surface area (Å²) in [7, 11) is -3.28. The van der Waals surface area contributed by atoms with Gasteiger partial charge in [-0.2, -0.15) is 14.1 Å². The van der Waals surface area contributed by atoms with Crippen LogP contribution < -0.4 is 10.5 Å². The molecular formula is C16H17ClF2N4O3S. The highest BCUT2D eigenvalue weighted by atomic mass is 35.5. The molecule has 0 radical (unpaired) electrons. The van der Waals surface area contributed by atoms with E-state index in [2.05, 4.69) is 5.10 Å². The zero-order valence-corrected chi connectivity index (χ0v) is 16.0. The molecule has 7 nitrogen and oxygen atoms in total. The number of anilines is 1. The van der Waals surface area contributed by atoms with E-state index in [0.29, 0.717) is 24.8 Å². The Labute approximate surface area is 159 Å². The molecule has 1 aliphatic rings. The van der Waals surface area contributed by atoms with Gasteiger partial charge < -0.3 is 4.90 Å². The number of hydrogen-bond donors (Lipinski definition) is 0. The smallest absolute Gasteiger partial charge is 0.292 e. The molecule has 0 spiro atoms. The fourth-order valence-electron chi connectivity index (χ4n) is 2.86. The molecule has 0 amide bonds. The SMILES string of the molecule is CCS(=O)(=O)N1CCN(c2cnn(-c3ccc(F)cc3F)c(=O)c2Cl)CC1. The Hall–Kier alpha value is -2.04. The first kappa shape index (κ1) is 19.7. The fraction of sp³-hybridized carbons (Fsp3) is 0.375. The maximum absolute atomic E-state index is 13.9. The molecule has 1 fully saturated rings. The molecule has 146 valence electrons. The first-order chi connectivity index (χ1) is 12.7. The molecule has 27 heavy (non-hydrogen) atoms. The Morgan fingerprint density at radius 2 is 1.81 bits per heavy atom. The van der Waals surface area contributed by atoms with E-state index in [9.17, 15) is 22.0 Å². The minimum atomic E-state index is -3.28. The van der Waals surface area contributed by atoms with E-state index in [1.165, 1.54) is 10.5 Å².